The highest BCUT2D eigenvalue weighted by atomic mass is 35.5. The highest BCUT2D eigenvalue weighted by Gasteiger charge is 2.33. The Morgan fingerprint density at radius 2 is 2.50 bits per heavy atom. The summed E-state index contributed by atoms with van der Waals surface area (Å²) >= 11 is 6.98. The van der Waals surface area contributed by atoms with E-state index in [0.717, 1.165) is 30.9 Å². The number of hydrogen-bond acceptors (Lipinski definition) is 4. The van der Waals surface area contributed by atoms with E-state index in [1.165, 1.54) is 11.3 Å². The van der Waals surface area contributed by atoms with E-state index in [9.17, 15) is 4.79 Å². The topological polar surface area (TPSA) is 39.2 Å². The fourth-order valence-corrected chi connectivity index (χ4v) is 2.92. The molecule has 0 bridgehead atoms. The van der Waals surface area contributed by atoms with Gasteiger partial charge in [-0.2, -0.15) is 0 Å². The van der Waals surface area contributed by atoms with Crippen LogP contribution in [0.25, 0.3) is 0 Å². The van der Waals surface area contributed by atoms with Gasteiger partial charge in [0, 0.05) is 12.0 Å². The Bertz CT molecular complexity index is 385. The number of ketones is 1. The highest BCUT2D eigenvalue weighted by molar-refractivity contribution is 7.10. The smallest absolute Gasteiger partial charge is 0.196 e. The van der Waals surface area contributed by atoms with E-state index < -0.39 is 0 Å². The molecule has 0 N–H and O–H groups in total. The van der Waals surface area contributed by atoms with E-state index >= 15 is 0 Å². The van der Waals surface area contributed by atoms with Gasteiger partial charge in [0.15, 0.2) is 5.78 Å². The highest BCUT2D eigenvalue weighted by Crippen LogP contribution is 2.36. The van der Waals surface area contributed by atoms with Crippen LogP contribution in [0.3, 0.4) is 0 Å². The van der Waals surface area contributed by atoms with Gasteiger partial charge in [0.05, 0.1) is 5.88 Å². The third-order valence-electron chi connectivity index (χ3n) is 2.83. The summed E-state index contributed by atoms with van der Waals surface area (Å²) in [5, 5.41) is 2.66. The third kappa shape index (κ3) is 2.29. The molecule has 0 amide bonds. The molecule has 0 radical (unpaired) electrons. The summed E-state index contributed by atoms with van der Waals surface area (Å²) in [6.07, 6.45) is 3.22. The Labute approximate surface area is 104 Å². The van der Waals surface area contributed by atoms with Gasteiger partial charge in [-0.15, -0.1) is 22.9 Å². The molecule has 0 aromatic carbocycles. The molecule has 2 rings (SSSR count). The Balaban J connectivity index is 2.20. The fourth-order valence-electron chi connectivity index (χ4n) is 1.82. The zero-order valence-corrected chi connectivity index (χ0v) is 10.7. The molecular formula is C11H14ClNO2S. The molecule has 1 aliphatic rings. The molecule has 3 nitrogen and oxygen atoms in total. The van der Waals surface area contributed by atoms with Crippen LogP contribution in [0.4, 0.5) is 0 Å². The van der Waals surface area contributed by atoms with E-state index in [0.29, 0.717) is 5.69 Å². The SMILES string of the molecule is CC1(c2nc(C(=O)CCl)cs2)CCCCO1. The second-order valence-electron chi connectivity index (χ2n) is 4.13. The Morgan fingerprint density at radius 1 is 1.69 bits per heavy atom. The van der Waals surface area contributed by atoms with Gasteiger partial charge in [-0.3, -0.25) is 4.79 Å². The van der Waals surface area contributed by atoms with E-state index in [2.05, 4.69) is 4.98 Å². The number of hydrogen-bond donors (Lipinski definition) is 0. The quantitative estimate of drug-likeness (QED) is 0.619. The zero-order valence-electron chi connectivity index (χ0n) is 9.16. The normalized spacial score (nSPS) is 25.6. The largest absolute Gasteiger partial charge is 0.368 e. The number of carbonyl (C=O) groups is 1. The van der Waals surface area contributed by atoms with Gasteiger partial charge in [0.25, 0.3) is 0 Å². The van der Waals surface area contributed by atoms with Gasteiger partial charge in [-0.1, -0.05) is 0 Å². The number of nitrogens with zero attached hydrogens (tertiary/aromatic N) is 1. The van der Waals surface area contributed by atoms with Gasteiger partial charge in [-0.25, -0.2) is 4.98 Å². The Morgan fingerprint density at radius 3 is 3.12 bits per heavy atom. The molecule has 1 fully saturated rings. The molecule has 1 aliphatic heterocycles. The van der Waals surface area contributed by atoms with Gasteiger partial charge in [0.1, 0.15) is 16.3 Å². The molecule has 0 spiro atoms. The molecular weight excluding hydrogens is 246 g/mol. The Hall–Kier alpha value is -0.450. The van der Waals surface area contributed by atoms with Gasteiger partial charge in [-0.05, 0) is 26.2 Å². The van der Waals surface area contributed by atoms with Crippen molar-refractivity contribution in [3.63, 3.8) is 0 Å². The monoisotopic (exact) mass is 259 g/mol. The van der Waals surface area contributed by atoms with Crippen LogP contribution in [0.5, 0.6) is 0 Å². The molecule has 88 valence electrons. The van der Waals surface area contributed by atoms with Crippen molar-refractivity contribution in [2.45, 2.75) is 31.8 Å². The zero-order chi connectivity index (χ0) is 11.6. The molecule has 1 unspecified atom stereocenters. The minimum atomic E-state index is -0.312. The Kier molecular flexibility index (Phi) is 3.62. The molecule has 1 saturated heterocycles. The second-order valence-corrected chi connectivity index (χ2v) is 5.26. The molecule has 16 heavy (non-hydrogen) atoms. The first kappa shape index (κ1) is 12.0. The first-order chi connectivity index (χ1) is 7.65. The second kappa shape index (κ2) is 4.82. The number of ether oxygens (including phenoxy) is 1. The lowest BCUT2D eigenvalue weighted by Crippen LogP contribution is -2.30. The van der Waals surface area contributed by atoms with Crippen LogP contribution >= 0.6 is 22.9 Å². The summed E-state index contributed by atoms with van der Waals surface area (Å²) in [4.78, 5) is 15.7. The van der Waals surface area contributed by atoms with Crippen molar-refractivity contribution in [1.82, 2.24) is 4.98 Å². The lowest BCUT2D eigenvalue weighted by molar-refractivity contribution is -0.0702. The van der Waals surface area contributed by atoms with E-state index in [1.54, 1.807) is 5.38 Å². The minimum absolute atomic E-state index is 0.0132. The van der Waals surface area contributed by atoms with Gasteiger partial charge < -0.3 is 4.74 Å². The van der Waals surface area contributed by atoms with Crippen molar-refractivity contribution >= 4 is 28.7 Å². The van der Waals surface area contributed by atoms with Crippen molar-refractivity contribution in [2.24, 2.45) is 0 Å². The van der Waals surface area contributed by atoms with E-state index in [1.807, 2.05) is 6.92 Å². The first-order valence-corrected chi connectivity index (χ1v) is 6.76. The average molecular weight is 260 g/mol. The predicted octanol–water partition coefficient (Wildman–Crippen LogP) is 2.98. The maximum absolute atomic E-state index is 11.4. The van der Waals surface area contributed by atoms with Crippen LogP contribution in [-0.4, -0.2) is 23.3 Å². The van der Waals surface area contributed by atoms with Gasteiger partial charge >= 0.3 is 0 Å². The standard InChI is InChI=1S/C11H14ClNO2S/c1-11(4-2-3-5-15-11)10-13-8(7-16-10)9(14)6-12/h7H,2-6H2,1H3. The van der Waals surface area contributed by atoms with Crippen molar-refractivity contribution in [2.75, 3.05) is 12.5 Å². The van der Waals surface area contributed by atoms with Crippen LogP contribution < -0.4 is 0 Å². The number of alkyl halides is 1. The summed E-state index contributed by atoms with van der Waals surface area (Å²) in [5.74, 6) is -0.135. The average Bonchev–Trinajstić information content (AvgIpc) is 2.79. The third-order valence-corrected chi connectivity index (χ3v) is 4.16. The van der Waals surface area contributed by atoms with Crippen molar-refractivity contribution in [3.05, 3.63) is 16.1 Å². The molecule has 1 atom stereocenters. The van der Waals surface area contributed by atoms with E-state index in [-0.39, 0.29) is 17.3 Å². The van der Waals surface area contributed by atoms with Crippen LogP contribution in [0.15, 0.2) is 5.38 Å². The number of rotatable bonds is 3. The molecule has 1 aromatic heterocycles. The van der Waals surface area contributed by atoms with Crippen molar-refractivity contribution < 1.29 is 9.53 Å². The summed E-state index contributed by atoms with van der Waals surface area (Å²) in [5.41, 5.74) is 0.152. The van der Waals surface area contributed by atoms with Crippen LogP contribution in [0, 0.1) is 0 Å². The summed E-state index contributed by atoms with van der Waals surface area (Å²) in [6.45, 7) is 2.81. The van der Waals surface area contributed by atoms with Crippen molar-refractivity contribution in [1.29, 1.82) is 0 Å². The number of thiazole rings is 1. The summed E-state index contributed by atoms with van der Waals surface area (Å²) in [6, 6.07) is 0. The number of aromatic nitrogens is 1. The number of halogens is 1. The molecule has 1 aromatic rings. The van der Waals surface area contributed by atoms with Crippen LogP contribution in [0.2, 0.25) is 0 Å². The van der Waals surface area contributed by atoms with Crippen LogP contribution in [-0.2, 0) is 10.3 Å². The van der Waals surface area contributed by atoms with Gasteiger partial charge in [0.2, 0.25) is 0 Å². The number of carbonyl (C=O) groups excluding carboxylic acids is 1. The maximum atomic E-state index is 11.4. The molecule has 5 heteroatoms. The lowest BCUT2D eigenvalue weighted by atomic mass is 9.97. The van der Waals surface area contributed by atoms with Crippen LogP contribution in [0.1, 0.15) is 41.7 Å². The lowest BCUT2D eigenvalue weighted by Gasteiger charge is -2.31. The first-order valence-electron chi connectivity index (χ1n) is 5.35. The predicted molar refractivity (Wildman–Crippen MR) is 64.3 cm³/mol. The molecule has 0 saturated carbocycles. The van der Waals surface area contributed by atoms with E-state index in [4.69, 9.17) is 16.3 Å². The maximum Gasteiger partial charge on any atom is 0.196 e. The van der Waals surface area contributed by atoms with Crippen molar-refractivity contribution in [3.8, 4) is 0 Å². The fraction of sp³-hybridized carbons (Fsp3) is 0.636. The minimum Gasteiger partial charge on any atom is -0.368 e. The number of Topliss-reactive ketones (excluding diaryl/α,β-unsaturated/α-hetero) is 1. The molecule has 0 aliphatic carbocycles. The summed E-state index contributed by atoms with van der Waals surface area (Å²) in [7, 11) is 0. The summed E-state index contributed by atoms with van der Waals surface area (Å²) < 4.78 is 5.78. The molecule has 2 heterocycles.